The van der Waals surface area contributed by atoms with Gasteiger partial charge in [0.1, 0.15) is 6.04 Å². The molecule has 0 spiro atoms. The van der Waals surface area contributed by atoms with Gasteiger partial charge in [0.2, 0.25) is 0 Å². The Hall–Kier alpha value is -4.54. The van der Waals surface area contributed by atoms with Gasteiger partial charge in [0, 0.05) is 11.1 Å². The molecule has 39 heavy (non-hydrogen) atoms. The van der Waals surface area contributed by atoms with Crippen LogP contribution in [0.15, 0.2) is 138 Å². The molecule has 4 nitrogen and oxygen atoms in total. The fraction of sp³-hybridized carbons (Fsp3) is 0.143. The predicted octanol–water partition coefficient (Wildman–Crippen LogP) is 7.27. The summed E-state index contributed by atoms with van der Waals surface area (Å²) in [7, 11) is 1.54. The molecule has 0 fully saturated rings. The fourth-order valence-electron chi connectivity index (χ4n) is 4.75. The van der Waals surface area contributed by atoms with Gasteiger partial charge in [0.05, 0.1) is 19.4 Å². The molecule has 5 aromatic carbocycles. The van der Waals surface area contributed by atoms with E-state index >= 15 is 0 Å². The van der Waals surface area contributed by atoms with Gasteiger partial charge in [0.25, 0.3) is 5.91 Å². The topological polar surface area (TPSA) is 41.9 Å². The number of hydrogen-bond donors (Lipinski definition) is 0. The van der Waals surface area contributed by atoms with Crippen molar-refractivity contribution in [2.45, 2.75) is 25.4 Å². The number of aliphatic imine (C=N–C) groups is 1. The van der Waals surface area contributed by atoms with Gasteiger partial charge >= 0.3 is 0 Å². The van der Waals surface area contributed by atoms with E-state index in [0.29, 0.717) is 19.4 Å². The number of rotatable bonds is 10. The molecule has 0 aromatic heterocycles. The van der Waals surface area contributed by atoms with E-state index in [-0.39, 0.29) is 5.91 Å². The normalized spacial score (nSPS) is 11.6. The highest BCUT2D eigenvalue weighted by atomic mass is 16.7. The van der Waals surface area contributed by atoms with Gasteiger partial charge in [-0.2, -0.15) is 0 Å². The van der Waals surface area contributed by atoms with Crippen LogP contribution in [0.25, 0.3) is 10.8 Å². The lowest BCUT2D eigenvalue weighted by molar-refractivity contribution is -0.180. The van der Waals surface area contributed by atoms with Crippen LogP contribution in [0.5, 0.6) is 0 Å². The lowest BCUT2D eigenvalue weighted by Crippen LogP contribution is -2.38. The first kappa shape index (κ1) is 26.1. The first-order valence-corrected chi connectivity index (χ1v) is 13.3. The van der Waals surface area contributed by atoms with Gasteiger partial charge in [-0.3, -0.25) is 14.6 Å². The Bertz CT molecular complexity index is 1490. The van der Waals surface area contributed by atoms with Crippen LogP contribution in [0, 0.1) is 0 Å². The summed E-state index contributed by atoms with van der Waals surface area (Å²) in [4.78, 5) is 24.8. The van der Waals surface area contributed by atoms with Gasteiger partial charge in [-0.05, 0) is 34.7 Å². The number of aryl methyl sites for hydroxylation is 1. The van der Waals surface area contributed by atoms with Crippen LogP contribution in [0.4, 0.5) is 0 Å². The minimum Gasteiger partial charge on any atom is -0.274 e. The van der Waals surface area contributed by atoms with Crippen molar-refractivity contribution in [3.63, 3.8) is 0 Å². The average Bonchev–Trinajstić information content (AvgIpc) is 3.01. The molecule has 0 aliphatic heterocycles. The van der Waals surface area contributed by atoms with E-state index in [0.717, 1.165) is 22.4 Å². The van der Waals surface area contributed by atoms with Crippen LogP contribution < -0.4 is 0 Å². The minimum absolute atomic E-state index is 0.161. The Balaban J connectivity index is 1.50. The van der Waals surface area contributed by atoms with Crippen molar-refractivity contribution in [3.05, 3.63) is 156 Å². The van der Waals surface area contributed by atoms with Gasteiger partial charge < -0.3 is 0 Å². The molecule has 0 heterocycles. The van der Waals surface area contributed by atoms with Crippen LogP contribution in [0.2, 0.25) is 0 Å². The Labute approximate surface area is 230 Å². The zero-order valence-corrected chi connectivity index (χ0v) is 22.1. The second kappa shape index (κ2) is 12.8. The summed E-state index contributed by atoms with van der Waals surface area (Å²) >= 11 is 0. The van der Waals surface area contributed by atoms with E-state index in [1.54, 1.807) is 7.11 Å². The van der Waals surface area contributed by atoms with Gasteiger partial charge in [-0.25, -0.2) is 5.06 Å². The standard InChI is InChI=1S/C35H32N2O2/c1-39-37(26-28-13-5-2-6-14-28)35(38)33(24-22-27-21-23-29-15-11-12-20-32(29)25-27)36-34(30-16-7-3-8-17-30)31-18-9-4-10-19-31/h2-21,23,25,33H,22,24,26H2,1H3/t33-/m1/s1. The van der Waals surface area contributed by atoms with Crippen molar-refractivity contribution in [1.82, 2.24) is 5.06 Å². The largest absolute Gasteiger partial charge is 0.274 e. The van der Waals surface area contributed by atoms with E-state index in [1.807, 2.05) is 97.1 Å². The number of nitrogens with zero attached hydrogens (tertiary/aromatic N) is 2. The third-order valence-corrected chi connectivity index (χ3v) is 6.82. The van der Waals surface area contributed by atoms with E-state index in [1.165, 1.54) is 21.4 Å². The SMILES string of the molecule is CON(Cc1ccccc1)C(=O)[C@@H](CCc1ccc2ccccc2c1)N=C(c1ccccc1)c1ccccc1. The van der Waals surface area contributed by atoms with Crippen LogP contribution in [-0.4, -0.2) is 29.8 Å². The van der Waals surface area contributed by atoms with Crippen molar-refractivity contribution in [2.24, 2.45) is 4.99 Å². The zero-order valence-electron chi connectivity index (χ0n) is 22.1. The van der Waals surface area contributed by atoms with Crippen LogP contribution >= 0.6 is 0 Å². The number of benzene rings is 5. The Morgan fingerprint density at radius 1 is 0.692 bits per heavy atom. The molecule has 0 unspecified atom stereocenters. The number of hydroxylamine groups is 2. The van der Waals surface area contributed by atoms with Gasteiger partial charge in [-0.1, -0.05) is 133 Å². The van der Waals surface area contributed by atoms with Crippen molar-refractivity contribution >= 4 is 22.4 Å². The predicted molar refractivity (Wildman–Crippen MR) is 159 cm³/mol. The molecule has 0 N–H and O–H groups in total. The third kappa shape index (κ3) is 6.67. The summed E-state index contributed by atoms with van der Waals surface area (Å²) in [6.45, 7) is 0.351. The van der Waals surface area contributed by atoms with E-state index in [9.17, 15) is 4.79 Å². The first-order valence-electron chi connectivity index (χ1n) is 13.3. The molecule has 1 amide bonds. The van der Waals surface area contributed by atoms with Crippen molar-refractivity contribution < 1.29 is 9.63 Å². The molecule has 0 saturated carbocycles. The molecule has 5 aromatic rings. The number of hydrogen-bond acceptors (Lipinski definition) is 3. The second-order valence-corrected chi connectivity index (χ2v) is 9.49. The lowest BCUT2D eigenvalue weighted by atomic mass is 9.99. The van der Waals surface area contributed by atoms with Crippen molar-refractivity contribution in [3.8, 4) is 0 Å². The summed E-state index contributed by atoms with van der Waals surface area (Å²) in [5, 5.41) is 3.83. The summed E-state index contributed by atoms with van der Waals surface area (Å²) < 4.78 is 0. The zero-order chi connectivity index (χ0) is 26.9. The summed E-state index contributed by atoms with van der Waals surface area (Å²) in [6.07, 6.45) is 1.26. The Morgan fingerprint density at radius 2 is 1.26 bits per heavy atom. The smallest absolute Gasteiger partial charge is 0.271 e. The highest BCUT2D eigenvalue weighted by molar-refractivity contribution is 6.13. The maximum absolute atomic E-state index is 14.0. The lowest BCUT2D eigenvalue weighted by Gasteiger charge is -2.24. The molecule has 0 aliphatic rings. The molecular weight excluding hydrogens is 480 g/mol. The molecule has 194 valence electrons. The highest BCUT2D eigenvalue weighted by Crippen LogP contribution is 2.20. The molecular formula is C35H32N2O2. The quantitative estimate of drug-likeness (QED) is 0.146. The molecule has 5 rings (SSSR count). The summed E-state index contributed by atoms with van der Waals surface area (Å²) in [5.41, 5.74) is 4.91. The Morgan fingerprint density at radius 3 is 1.87 bits per heavy atom. The maximum atomic E-state index is 14.0. The van der Waals surface area contributed by atoms with Gasteiger partial charge in [-0.15, -0.1) is 0 Å². The number of fused-ring (bicyclic) bond motifs is 1. The van der Waals surface area contributed by atoms with E-state index < -0.39 is 6.04 Å². The molecule has 0 bridgehead atoms. The van der Waals surface area contributed by atoms with E-state index in [4.69, 9.17) is 9.83 Å². The van der Waals surface area contributed by atoms with E-state index in [2.05, 4.69) is 36.4 Å². The number of carbonyl (C=O) groups excluding carboxylic acids is 1. The van der Waals surface area contributed by atoms with Crippen LogP contribution in [0.3, 0.4) is 0 Å². The molecule has 4 heteroatoms. The average molecular weight is 513 g/mol. The monoisotopic (exact) mass is 512 g/mol. The van der Waals surface area contributed by atoms with Crippen LogP contribution in [0.1, 0.15) is 28.7 Å². The fourth-order valence-corrected chi connectivity index (χ4v) is 4.75. The first-order chi connectivity index (χ1) is 19.2. The maximum Gasteiger partial charge on any atom is 0.271 e. The van der Waals surface area contributed by atoms with Gasteiger partial charge in [0.15, 0.2) is 0 Å². The third-order valence-electron chi connectivity index (χ3n) is 6.82. The highest BCUT2D eigenvalue weighted by Gasteiger charge is 2.26. The van der Waals surface area contributed by atoms with Crippen LogP contribution in [-0.2, 0) is 22.6 Å². The second-order valence-electron chi connectivity index (χ2n) is 9.49. The van der Waals surface area contributed by atoms with Crippen molar-refractivity contribution in [1.29, 1.82) is 0 Å². The molecule has 0 saturated heterocycles. The molecule has 1 atom stereocenters. The summed E-state index contributed by atoms with van der Waals surface area (Å²) in [6, 6.07) is 44.2. The Kier molecular flexibility index (Phi) is 8.57. The molecule has 0 aliphatic carbocycles. The molecule has 0 radical (unpaired) electrons. The number of amides is 1. The minimum atomic E-state index is -0.629. The summed E-state index contributed by atoms with van der Waals surface area (Å²) in [5.74, 6) is -0.161. The number of carbonyl (C=O) groups is 1. The van der Waals surface area contributed by atoms with Crippen molar-refractivity contribution in [2.75, 3.05) is 7.11 Å².